The van der Waals surface area contributed by atoms with Gasteiger partial charge in [0.1, 0.15) is 43.5 Å². The minimum Gasteiger partial charge on any atom is -0.480 e. The molecule has 2 unspecified atom stereocenters. The van der Waals surface area contributed by atoms with Gasteiger partial charge in [-0.2, -0.15) is 0 Å². The van der Waals surface area contributed by atoms with E-state index in [4.69, 9.17) is 5.11 Å². The van der Waals surface area contributed by atoms with Gasteiger partial charge >= 0.3 is 12.4 Å². The highest BCUT2D eigenvalue weighted by Gasteiger charge is 2.39. The Morgan fingerprint density at radius 3 is 1.83 bits per heavy atom. The molecule has 0 aromatic heterocycles. The third-order valence-electron chi connectivity index (χ3n) is 6.33. The van der Waals surface area contributed by atoms with Crippen LogP contribution in [0.3, 0.4) is 0 Å². The number of nitrogens with zero attached hydrogens (tertiary/aromatic N) is 2. The molecule has 1 heterocycles. The number of carboxylic acids is 1. The number of rotatable bonds is 14. The number of aliphatic hydroxyl groups excluding tert-OH is 6. The Kier molecular flexibility index (Phi) is 15.6. The summed E-state index contributed by atoms with van der Waals surface area (Å²) in [6.07, 6.45) is -6.60. The molecular formula is C21H44N5O9+. The summed E-state index contributed by atoms with van der Waals surface area (Å²) in [5.41, 5.74) is 0. The Labute approximate surface area is 205 Å². The van der Waals surface area contributed by atoms with Crippen LogP contribution in [0.15, 0.2) is 0 Å². The summed E-state index contributed by atoms with van der Waals surface area (Å²) in [4.78, 5) is 26.0. The molecule has 0 aliphatic carbocycles. The monoisotopic (exact) mass is 510 g/mol. The average molecular weight is 511 g/mol. The van der Waals surface area contributed by atoms with Crippen LogP contribution < -0.4 is 16.0 Å². The third kappa shape index (κ3) is 11.1. The van der Waals surface area contributed by atoms with E-state index in [-0.39, 0.29) is 19.5 Å². The van der Waals surface area contributed by atoms with Crippen LogP contribution in [0.5, 0.6) is 0 Å². The van der Waals surface area contributed by atoms with Gasteiger partial charge < -0.3 is 51.7 Å². The van der Waals surface area contributed by atoms with E-state index < -0.39 is 60.7 Å². The molecule has 10 N–H and O–H groups in total. The molecule has 0 spiro atoms. The van der Waals surface area contributed by atoms with Gasteiger partial charge in [0.15, 0.2) is 0 Å². The van der Waals surface area contributed by atoms with E-state index >= 15 is 0 Å². The van der Waals surface area contributed by atoms with E-state index in [1.807, 2.05) is 4.90 Å². The van der Waals surface area contributed by atoms with Crippen molar-refractivity contribution in [3.8, 4) is 0 Å². The van der Waals surface area contributed by atoms with Crippen LogP contribution in [-0.2, 0) is 9.59 Å². The summed E-state index contributed by atoms with van der Waals surface area (Å²) in [5.74, 6) is -1.06. The average Bonchev–Trinajstić information content (AvgIpc) is 2.83. The summed E-state index contributed by atoms with van der Waals surface area (Å²) < 4.78 is -0.559. The van der Waals surface area contributed by atoms with Crippen LogP contribution >= 0.6 is 0 Å². The molecule has 0 bridgehead atoms. The minimum atomic E-state index is -1.87. The minimum absolute atomic E-state index is 0.0280. The van der Waals surface area contributed by atoms with Crippen LogP contribution in [0.1, 0.15) is 6.42 Å². The van der Waals surface area contributed by atoms with Gasteiger partial charge in [-0.15, -0.1) is 0 Å². The lowest BCUT2D eigenvalue weighted by Gasteiger charge is -2.37. The van der Waals surface area contributed by atoms with E-state index in [0.29, 0.717) is 32.6 Å². The van der Waals surface area contributed by atoms with Gasteiger partial charge in [0.25, 0.3) is 0 Å². The van der Waals surface area contributed by atoms with Crippen molar-refractivity contribution in [2.75, 3.05) is 85.2 Å². The number of carbonyl (C=O) groups is 2. The fraction of sp³-hybridized carbons (Fsp3) is 0.905. The van der Waals surface area contributed by atoms with E-state index in [0.717, 1.165) is 26.2 Å². The molecule has 1 rings (SSSR count). The van der Waals surface area contributed by atoms with Gasteiger partial charge in [-0.05, 0) is 0 Å². The quantitative estimate of drug-likeness (QED) is 0.0780. The predicted octanol–water partition coefficient (Wildman–Crippen LogP) is -5.68. The van der Waals surface area contributed by atoms with Crippen molar-refractivity contribution in [1.82, 2.24) is 20.9 Å². The fourth-order valence-corrected chi connectivity index (χ4v) is 4.12. The summed E-state index contributed by atoms with van der Waals surface area (Å²) >= 11 is 0. The zero-order valence-corrected chi connectivity index (χ0v) is 20.2. The van der Waals surface area contributed by atoms with Gasteiger partial charge in [-0.1, -0.05) is 0 Å². The lowest BCUT2D eigenvalue weighted by molar-refractivity contribution is -0.850. The van der Waals surface area contributed by atoms with E-state index in [1.165, 1.54) is 0 Å². The normalized spacial score (nSPS) is 23.0. The van der Waals surface area contributed by atoms with Gasteiger partial charge in [-0.25, -0.2) is 4.79 Å². The number of hydrogen-bond donors (Lipinski definition) is 10. The van der Waals surface area contributed by atoms with Crippen LogP contribution in [0.2, 0.25) is 0 Å². The van der Waals surface area contributed by atoms with Crippen LogP contribution in [0, 0.1) is 0 Å². The molecule has 1 fully saturated rings. The molecule has 35 heavy (non-hydrogen) atoms. The first-order valence-electron chi connectivity index (χ1n) is 12.1. The zero-order valence-electron chi connectivity index (χ0n) is 20.2. The number of hydrogen-bond acceptors (Lipinski definition) is 12. The molecule has 0 aromatic rings. The SMILES string of the molecule is O=C[N+](CCO)(CCC(C(=O)O)N1CCNCCNCCNCC1)C[C@H](O)[C@@H](O)[C@H](O)[C@H](O)CO. The first-order chi connectivity index (χ1) is 16.7. The molecule has 14 heteroatoms. The van der Waals surface area contributed by atoms with E-state index in [2.05, 4.69) is 16.0 Å². The maximum atomic E-state index is 12.2. The van der Waals surface area contributed by atoms with Crippen LogP contribution in [0.25, 0.3) is 0 Å². The highest BCUT2D eigenvalue weighted by atomic mass is 16.4. The van der Waals surface area contributed by atoms with Gasteiger partial charge in [0, 0.05) is 58.8 Å². The largest absolute Gasteiger partial charge is 0.480 e. The van der Waals surface area contributed by atoms with Crippen molar-refractivity contribution < 1.29 is 49.8 Å². The first kappa shape index (κ1) is 31.7. The standard InChI is InChI=1S/C21H43N5O9/c27-12-11-26(15-29,13-17(30)19(32)20(33)18(31)14-28)10-1-16(21(34)35)25-8-6-23-4-2-22-3-5-24-7-9-25/h15-20,22-24,27-28,30-33H,1-14H2/p+1/t16?,17-,18+,19+,20+,26?/m0/s1. The molecule has 1 amide bonds. The number of nitrogens with one attached hydrogen (secondary N) is 3. The zero-order chi connectivity index (χ0) is 26.3. The summed E-state index contributed by atoms with van der Waals surface area (Å²) in [6.45, 7) is 3.25. The Hall–Kier alpha value is -1.30. The summed E-state index contributed by atoms with van der Waals surface area (Å²) in [7, 11) is 0. The maximum absolute atomic E-state index is 12.2. The fourth-order valence-electron chi connectivity index (χ4n) is 4.12. The Balaban J connectivity index is 2.93. The molecule has 1 aliphatic rings. The topological polar surface area (TPSA) is 215 Å². The molecule has 1 saturated heterocycles. The highest BCUT2D eigenvalue weighted by molar-refractivity contribution is 5.73. The Morgan fingerprint density at radius 1 is 0.857 bits per heavy atom. The molecule has 14 nitrogen and oxygen atoms in total. The first-order valence-corrected chi connectivity index (χ1v) is 12.1. The molecule has 0 aromatic carbocycles. The third-order valence-corrected chi connectivity index (χ3v) is 6.33. The number of carboxylic acid groups (broad SMARTS) is 1. The number of carbonyl (C=O) groups excluding carboxylic acids is 1. The highest BCUT2D eigenvalue weighted by Crippen LogP contribution is 2.15. The van der Waals surface area contributed by atoms with E-state index in [1.54, 1.807) is 0 Å². The van der Waals surface area contributed by atoms with E-state index in [9.17, 15) is 40.2 Å². The molecule has 0 radical (unpaired) electrons. The van der Waals surface area contributed by atoms with Gasteiger partial charge in [0.05, 0.1) is 19.8 Å². The molecule has 6 atom stereocenters. The van der Waals surface area contributed by atoms with Crippen molar-refractivity contribution in [3.63, 3.8) is 0 Å². The second-order valence-corrected chi connectivity index (χ2v) is 8.90. The number of aliphatic hydroxyl groups is 6. The van der Waals surface area contributed by atoms with Gasteiger partial charge in [-0.3, -0.25) is 14.2 Å². The van der Waals surface area contributed by atoms with Crippen LogP contribution in [-0.4, -0.2) is 173 Å². The summed E-state index contributed by atoms with van der Waals surface area (Å²) in [6, 6.07) is -0.931. The summed E-state index contributed by atoms with van der Waals surface area (Å²) in [5, 5.41) is 78.2. The van der Waals surface area contributed by atoms with Crippen LogP contribution in [0.4, 0.5) is 0 Å². The lowest BCUT2D eigenvalue weighted by Crippen LogP contribution is -2.59. The van der Waals surface area contributed by atoms with Crippen molar-refractivity contribution in [1.29, 1.82) is 0 Å². The molecule has 206 valence electrons. The molecule has 1 aliphatic heterocycles. The predicted molar refractivity (Wildman–Crippen MR) is 125 cm³/mol. The number of quaternary nitrogens is 1. The lowest BCUT2D eigenvalue weighted by atomic mass is 10.0. The van der Waals surface area contributed by atoms with Crippen molar-refractivity contribution in [2.45, 2.75) is 36.9 Å². The smallest absolute Gasteiger partial charge is 0.321 e. The second kappa shape index (κ2) is 17.2. The number of aliphatic carboxylic acids is 1. The van der Waals surface area contributed by atoms with Crippen molar-refractivity contribution in [2.24, 2.45) is 0 Å². The second-order valence-electron chi connectivity index (χ2n) is 8.90. The van der Waals surface area contributed by atoms with Gasteiger partial charge in [0.2, 0.25) is 0 Å². The Bertz CT molecular complexity index is 594. The van der Waals surface area contributed by atoms with Crippen molar-refractivity contribution in [3.05, 3.63) is 0 Å². The number of amides is 1. The molecule has 0 saturated carbocycles. The Morgan fingerprint density at radius 2 is 1.37 bits per heavy atom. The van der Waals surface area contributed by atoms with Crippen molar-refractivity contribution >= 4 is 12.4 Å². The maximum Gasteiger partial charge on any atom is 0.321 e. The molecular weight excluding hydrogens is 466 g/mol.